The molecule has 0 saturated heterocycles. The van der Waals surface area contributed by atoms with Crippen molar-refractivity contribution in [2.24, 2.45) is 11.8 Å². The van der Waals surface area contributed by atoms with E-state index in [9.17, 15) is 4.79 Å². The zero-order valence-corrected chi connectivity index (χ0v) is 19.4. The Balaban J connectivity index is 5.00. The van der Waals surface area contributed by atoms with Gasteiger partial charge in [-0.15, -0.1) is 0 Å². The van der Waals surface area contributed by atoms with Crippen LogP contribution in [0.3, 0.4) is 0 Å². The number of hydrogen-bond donors (Lipinski definition) is 0. The van der Waals surface area contributed by atoms with Crippen LogP contribution in [0.25, 0.3) is 0 Å². The summed E-state index contributed by atoms with van der Waals surface area (Å²) < 4.78 is 11.5. The number of amides is 1. The molecule has 0 aliphatic carbocycles. The number of carbonyl (C=O) groups is 1. The van der Waals surface area contributed by atoms with E-state index in [1.54, 1.807) is 7.11 Å². The minimum Gasteiger partial charge on any atom is -0.379 e. The molecule has 0 bridgehead atoms. The number of carbonyl (C=O) groups excluding carboxylic acids is 1. The fraction of sp³-hybridized carbons (Fsp3) is 0.955. The molecule has 4 nitrogen and oxygen atoms in total. The molecule has 0 aliphatic heterocycles. The summed E-state index contributed by atoms with van der Waals surface area (Å²) in [4.78, 5) is 15.2. The van der Waals surface area contributed by atoms with Crippen LogP contribution >= 0.6 is 0 Å². The topological polar surface area (TPSA) is 38.8 Å². The fourth-order valence-corrected chi connectivity index (χ4v) is 3.35. The average Bonchev–Trinajstić information content (AvgIpc) is 2.41. The summed E-state index contributed by atoms with van der Waals surface area (Å²) in [7, 11) is 1.72. The molecular weight excluding hydrogens is 326 g/mol. The van der Waals surface area contributed by atoms with Crippen molar-refractivity contribution in [3.8, 4) is 0 Å². The van der Waals surface area contributed by atoms with Crippen molar-refractivity contribution in [2.45, 2.75) is 105 Å². The van der Waals surface area contributed by atoms with Crippen LogP contribution in [0.1, 0.15) is 88.5 Å². The highest BCUT2D eigenvalue weighted by molar-refractivity contribution is 5.78. The van der Waals surface area contributed by atoms with E-state index < -0.39 is 5.60 Å². The van der Waals surface area contributed by atoms with Gasteiger partial charge in [-0.25, -0.2) is 0 Å². The molecule has 0 spiro atoms. The lowest BCUT2D eigenvalue weighted by atomic mass is 9.89. The summed E-state index contributed by atoms with van der Waals surface area (Å²) in [6.07, 6.45) is 2.19. The summed E-state index contributed by atoms with van der Waals surface area (Å²) >= 11 is 0. The number of methoxy groups -OCH3 is 1. The van der Waals surface area contributed by atoms with Gasteiger partial charge >= 0.3 is 0 Å². The van der Waals surface area contributed by atoms with Crippen molar-refractivity contribution >= 4 is 5.91 Å². The van der Waals surface area contributed by atoms with Crippen LogP contribution < -0.4 is 0 Å². The first-order chi connectivity index (χ1) is 11.6. The minimum atomic E-state index is -0.482. The van der Waals surface area contributed by atoms with Crippen molar-refractivity contribution < 1.29 is 14.3 Å². The molecule has 0 unspecified atom stereocenters. The van der Waals surface area contributed by atoms with E-state index in [2.05, 4.69) is 46.4 Å². The molecule has 0 aromatic carbocycles. The number of ether oxygens (including phenoxy) is 2. The number of rotatable bonds is 12. The maximum absolute atomic E-state index is 13.2. The number of nitrogens with zero attached hydrogens (tertiary/aromatic N) is 1. The second-order valence-electron chi connectivity index (χ2n) is 10.3. The van der Waals surface area contributed by atoms with E-state index in [4.69, 9.17) is 9.47 Å². The minimum absolute atomic E-state index is 0.149. The zero-order valence-electron chi connectivity index (χ0n) is 19.4. The van der Waals surface area contributed by atoms with Gasteiger partial charge < -0.3 is 14.4 Å². The van der Waals surface area contributed by atoms with Crippen molar-refractivity contribution in [1.82, 2.24) is 4.90 Å². The standard InChI is InChI=1S/C22H45NO3/c1-17(2)14-20(5,6)23(16-18(3)4)19(24)15-22(9,10)26-13-12-21(7,8)25-11/h17-18H,12-16H2,1-11H3. The van der Waals surface area contributed by atoms with Gasteiger partial charge in [-0.1, -0.05) is 27.7 Å². The Labute approximate surface area is 163 Å². The third-order valence-corrected chi connectivity index (χ3v) is 4.81. The lowest BCUT2D eigenvalue weighted by Crippen LogP contribution is -2.51. The van der Waals surface area contributed by atoms with Gasteiger partial charge in [-0.05, 0) is 66.2 Å². The van der Waals surface area contributed by atoms with Gasteiger partial charge in [-0.2, -0.15) is 0 Å². The fourth-order valence-electron chi connectivity index (χ4n) is 3.35. The average molecular weight is 372 g/mol. The van der Waals surface area contributed by atoms with Gasteiger partial charge in [0.1, 0.15) is 0 Å². The molecular formula is C22H45NO3. The third-order valence-electron chi connectivity index (χ3n) is 4.81. The highest BCUT2D eigenvalue weighted by Gasteiger charge is 2.35. The molecule has 0 fully saturated rings. The van der Waals surface area contributed by atoms with Gasteiger partial charge in [0.05, 0.1) is 24.2 Å². The third kappa shape index (κ3) is 9.91. The smallest absolute Gasteiger partial charge is 0.225 e. The molecule has 0 aromatic rings. The molecule has 0 saturated carbocycles. The van der Waals surface area contributed by atoms with Crippen molar-refractivity contribution in [2.75, 3.05) is 20.3 Å². The predicted molar refractivity (Wildman–Crippen MR) is 110 cm³/mol. The summed E-state index contributed by atoms with van der Waals surface area (Å²) in [6.45, 7) is 22.6. The molecule has 0 heterocycles. The first-order valence-corrected chi connectivity index (χ1v) is 10.1. The predicted octanol–water partition coefficient (Wildman–Crippen LogP) is 5.30. The van der Waals surface area contributed by atoms with Crippen LogP contribution in [-0.4, -0.2) is 47.8 Å². The molecule has 4 heteroatoms. The largest absolute Gasteiger partial charge is 0.379 e. The summed E-state index contributed by atoms with van der Waals surface area (Å²) in [5.74, 6) is 1.17. The van der Waals surface area contributed by atoms with E-state index in [1.807, 2.05) is 27.7 Å². The highest BCUT2D eigenvalue weighted by atomic mass is 16.5. The molecule has 0 aromatic heterocycles. The maximum atomic E-state index is 13.2. The van der Waals surface area contributed by atoms with E-state index in [0.717, 1.165) is 19.4 Å². The van der Waals surface area contributed by atoms with Crippen LogP contribution in [0.4, 0.5) is 0 Å². The van der Waals surface area contributed by atoms with Crippen molar-refractivity contribution in [3.05, 3.63) is 0 Å². The van der Waals surface area contributed by atoms with E-state index >= 15 is 0 Å². The quantitative estimate of drug-likeness (QED) is 0.467. The Morgan fingerprint density at radius 1 is 0.923 bits per heavy atom. The Kier molecular flexibility index (Phi) is 9.84. The van der Waals surface area contributed by atoms with Crippen molar-refractivity contribution in [1.29, 1.82) is 0 Å². The summed E-state index contributed by atoms with van der Waals surface area (Å²) in [5, 5.41) is 0. The number of hydrogen-bond acceptors (Lipinski definition) is 3. The maximum Gasteiger partial charge on any atom is 0.225 e. The molecule has 0 rings (SSSR count). The molecule has 0 radical (unpaired) electrons. The molecule has 1 amide bonds. The van der Waals surface area contributed by atoms with Crippen LogP contribution in [0, 0.1) is 11.8 Å². The molecule has 0 aliphatic rings. The highest BCUT2D eigenvalue weighted by Crippen LogP contribution is 2.28. The van der Waals surface area contributed by atoms with E-state index in [1.165, 1.54) is 0 Å². The SMILES string of the molecule is COC(C)(C)CCOC(C)(C)CC(=O)N(CC(C)C)C(C)(C)CC(C)C. The summed E-state index contributed by atoms with van der Waals surface area (Å²) in [5.41, 5.74) is -0.837. The van der Waals surface area contributed by atoms with E-state index in [-0.39, 0.29) is 17.0 Å². The molecule has 0 atom stereocenters. The Morgan fingerprint density at radius 2 is 1.46 bits per heavy atom. The van der Waals surface area contributed by atoms with Crippen LogP contribution in [-0.2, 0) is 14.3 Å². The lowest BCUT2D eigenvalue weighted by Gasteiger charge is -2.42. The van der Waals surface area contributed by atoms with Crippen LogP contribution in [0.2, 0.25) is 0 Å². The zero-order chi connectivity index (χ0) is 20.8. The Bertz CT molecular complexity index is 425. The normalized spacial score (nSPS) is 13.6. The van der Waals surface area contributed by atoms with Gasteiger partial charge in [0.15, 0.2) is 0 Å². The van der Waals surface area contributed by atoms with Crippen molar-refractivity contribution in [3.63, 3.8) is 0 Å². The molecule has 156 valence electrons. The Morgan fingerprint density at radius 3 is 1.88 bits per heavy atom. The molecule has 26 heavy (non-hydrogen) atoms. The van der Waals surface area contributed by atoms with Crippen LogP contribution in [0.15, 0.2) is 0 Å². The van der Waals surface area contributed by atoms with E-state index in [0.29, 0.717) is 24.9 Å². The first kappa shape index (κ1) is 25.4. The van der Waals surface area contributed by atoms with Gasteiger partial charge in [0, 0.05) is 19.2 Å². The summed E-state index contributed by atoms with van der Waals surface area (Å²) in [6, 6.07) is 0. The van der Waals surface area contributed by atoms with Gasteiger partial charge in [0.2, 0.25) is 5.91 Å². The first-order valence-electron chi connectivity index (χ1n) is 10.1. The second-order valence-corrected chi connectivity index (χ2v) is 10.3. The molecule has 0 N–H and O–H groups in total. The lowest BCUT2D eigenvalue weighted by molar-refractivity contribution is -0.145. The van der Waals surface area contributed by atoms with Crippen LogP contribution in [0.5, 0.6) is 0 Å². The second kappa shape index (κ2) is 10.1. The van der Waals surface area contributed by atoms with Gasteiger partial charge in [0.25, 0.3) is 0 Å². The van der Waals surface area contributed by atoms with Gasteiger partial charge in [-0.3, -0.25) is 4.79 Å². The Hall–Kier alpha value is -0.610. The monoisotopic (exact) mass is 371 g/mol.